The molecule has 1 rings (SSSR count). The lowest BCUT2D eigenvalue weighted by molar-refractivity contribution is 0.0212. The van der Waals surface area contributed by atoms with Gasteiger partial charge in [0.15, 0.2) is 0 Å². The normalized spacial score (nSPS) is 14.1. The summed E-state index contributed by atoms with van der Waals surface area (Å²) in [6.07, 6.45) is 0. The average Bonchev–Trinajstić information content (AvgIpc) is 2.07. The molecule has 4 heteroatoms. The highest BCUT2D eigenvalue weighted by molar-refractivity contribution is 9.09. The summed E-state index contributed by atoms with van der Waals surface area (Å²) in [6, 6.07) is 3.98. The van der Waals surface area contributed by atoms with Crippen molar-refractivity contribution in [1.29, 1.82) is 0 Å². The fourth-order valence-corrected chi connectivity index (χ4v) is 1.40. The highest BCUT2D eigenvalue weighted by Gasteiger charge is 2.33. The van der Waals surface area contributed by atoms with Crippen molar-refractivity contribution in [2.45, 2.75) is 24.6 Å². The van der Waals surface area contributed by atoms with Crippen LogP contribution >= 0.6 is 15.9 Å². The second-order valence-electron chi connectivity index (χ2n) is 3.33. The molecule has 1 unspecified atom stereocenters. The molecular formula is C10H10BrF3. The Labute approximate surface area is 89.3 Å². The number of benzene rings is 1. The minimum absolute atomic E-state index is 0.371. The van der Waals surface area contributed by atoms with Crippen molar-refractivity contribution >= 4 is 15.9 Å². The zero-order valence-electron chi connectivity index (χ0n) is 7.82. The van der Waals surface area contributed by atoms with E-state index in [1.54, 1.807) is 6.92 Å². The van der Waals surface area contributed by atoms with Gasteiger partial charge in [-0.25, -0.2) is 13.2 Å². The van der Waals surface area contributed by atoms with Gasteiger partial charge in [-0.2, -0.15) is 0 Å². The van der Waals surface area contributed by atoms with Gasteiger partial charge in [0.25, 0.3) is 5.92 Å². The van der Waals surface area contributed by atoms with E-state index in [-0.39, 0.29) is 5.82 Å². The number of hydrogen-bond acceptors (Lipinski definition) is 0. The molecule has 78 valence electrons. The van der Waals surface area contributed by atoms with Crippen molar-refractivity contribution in [2.24, 2.45) is 0 Å². The first-order chi connectivity index (χ1) is 6.32. The number of rotatable bonds is 2. The molecule has 14 heavy (non-hydrogen) atoms. The van der Waals surface area contributed by atoms with E-state index in [0.29, 0.717) is 11.1 Å². The number of aryl methyl sites for hydroxylation is 1. The molecule has 0 aliphatic carbocycles. The molecular weight excluding hydrogens is 257 g/mol. The molecule has 0 spiro atoms. The third kappa shape index (κ3) is 2.50. The number of alkyl halides is 3. The molecule has 1 atom stereocenters. The monoisotopic (exact) mass is 266 g/mol. The largest absolute Gasteiger partial charge is 0.261 e. The molecule has 0 fully saturated rings. The molecule has 0 saturated heterocycles. The molecule has 0 amide bonds. The Morgan fingerprint density at radius 3 is 2.36 bits per heavy atom. The standard InChI is InChI=1S/C10H10BrF3/c1-6-5-7(3-4-8(6)12)9(11)10(2,13)14/h3-5,9H,1-2H3. The fraction of sp³-hybridized carbons (Fsp3) is 0.400. The predicted molar refractivity (Wildman–Crippen MR) is 53.4 cm³/mol. The highest BCUT2D eigenvalue weighted by Crippen LogP contribution is 2.38. The minimum Gasteiger partial charge on any atom is -0.207 e. The van der Waals surface area contributed by atoms with Gasteiger partial charge in [0.2, 0.25) is 0 Å². The van der Waals surface area contributed by atoms with Crippen molar-refractivity contribution in [2.75, 3.05) is 0 Å². The lowest BCUT2D eigenvalue weighted by atomic mass is 10.1. The van der Waals surface area contributed by atoms with Gasteiger partial charge in [0, 0.05) is 6.92 Å². The average molecular weight is 267 g/mol. The van der Waals surface area contributed by atoms with Gasteiger partial charge in [-0.15, -0.1) is 0 Å². The van der Waals surface area contributed by atoms with Crippen molar-refractivity contribution in [3.63, 3.8) is 0 Å². The maximum atomic E-state index is 12.9. The summed E-state index contributed by atoms with van der Waals surface area (Å²) in [5.41, 5.74) is 0.757. The molecule has 0 radical (unpaired) electrons. The molecule has 1 aromatic rings. The van der Waals surface area contributed by atoms with E-state index in [0.717, 1.165) is 6.92 Å². The Hall–Kier alpha value is -0.510. The summed E-state index contributed by atoms with van der Waals surface area (Å²) < 4.78 is 38.6. The van der Waals surface area contributed by atoms with Crippen molar-refractivity contribution in [1.82, 2.24) is 0 Å². The third-order valence-electron chi connectivity index (χ3n) is 1.92. The maximum Gasteiger partial charge on any atom is 0.261 e. The number of hydrogen-bond donors (Lipinski definition) is 0. The van der Waals surface area contributed by atoms with Crippen LogP contribution in [-0.4, -0.2) is 5.92 Å². The molecule has 0 bridgehead atoms. The Kier molecular flexibility index (Phi) is 3.24. The smallest absolute Gasteiger partial charge is 0.207 e. The first-order valence-corrected chi connectivity index (χ1v) is 5.02. The van der Waals surface area contributed by atoms with E-state index in [4.69, 9.17) is 0 Å². The zero-order chi connectivity index (χ0) is 10.9. The quantitative estimate of drug-likeness (QED) is 0.703. The SMILES string of the molecule is Cc1cc(C(Br)C(C)(F)F)ccc1F. The van der Waals surface area contributed by atoms with Crippen molar-refractivity contribution in [3.8, 4) is 0 Å². The topological polar surface area (TPSA) is 0 Å². The second-order valence-corrected chi connectivity index (χ2v) is 4.24. The molecule has 0 aliphatic heterocycles. The van der Waals surface area contributed by atoms with Crippen LogP contribution in [0.4, 0.5) is 13.2 Å². The van der Waals surface area contributed by atoms with E-state index in [9.17, 15) is 13.2 Å². The van der Waals surface area contributed by atoms with Gasteiger partial charge in [0.05, 0.1) is 0 Å². The van der Waals surface area contributed by atoms with Gasteiger partial charge < -0.3 is 0 Å². The third-order valence-corrected chi connectivity index (χ3v) is 3.25. The Balaban J connectivity index is 3.03. The molecule has 0 N–H and O–H groups in total. The summed E-state index contributed by atoms with van der Waals surface area (Å²) in [5, 5.41) is 0. The molecule has 0 aromatic heterocycles. The second kappa shape index (κ2) is 3.93. The van der Waals surface area contributed by atoms with Gasteiger partial charge >= 0.3 is 0 Å². The molecule has 0 saturated carbocycles. The van der Waals surface area contributed by atoms with Crippen LogP contribution in [0.5, 0.6) is 0 Å². The predicted octanol–water partition coefficient (Wildman–Crippen LogP) is 4.23. The number of halogens is 4. The van der Waals surface area contributed by atoms with E-state index in [1.165, 1.54) is 18.2 Å². The van der Waals surface area contributed by atoms with E-state index >= 15 is 0 Å². The maximum absolute atomic E-state index is 12.9. The zero-order valence-corrected chi connectivity index (χ0v) is 9.41. The Bertz CT molecular complexity index is 331. The molecule has 0 nitrogen and oxygen atoms in total. The van der Waals surface area contributed by atoms with Crippen LogP contribution in [0, 0.1) is 12.7 Å². The van der Waals surface area contributed by atoms with Gasteiger partial charge in [-0.3, -0.25) is 0 Å². The summed E-state index contributed by atoms with van der Waals surface area (Å²) in [4.78, 5) is -1.07. The summed E-state index contributed by atoms with van der Waals surface area (Å²) >= 11 is 2.89. The minimum atomic E-state index is -2.86. The summed E-state index contributed by atoms with van der Waals surface area (Å²) in [7, 11) is 0. The fourth-order valence-electron chi connectivity index (χ4n) is 1.12. The summed E-state index contributed by atoms with van der Waals surface area (Å²) in [5.74, 6) is -3.24. The molecule has 1 aromatic carbocycles. The summed E-state index contributed by atoms with van der Waals surface area (Å²) in [6.45, 7) is 2.37. The molecule has 0 aliphatic rings. The van der Waals surface area contributed by atoms with E-state index in [2.05, 4.69) is 15.9 Å². The van der Waals surface area contributed by atoms with Crippen molar-refractivity contribution < 1.29 is 13.2 Å². The lowest BCUT2D eigenvalue weighted by Crippen LogP contribution is -2.17. The van der Waals surface area contributed by atoms with Crippen molar-refractivity contribution in [3.05, 3.63) is 35.1 Å². The van der Waals surface area contributed by atoms with Crippen LogP contribution in [-0.2, 0) is 0 Å². The highest BCUT2D eigenvalue weighted by atomic mass is 79.9. The Morgan fingerprint density at radius 2 is 1.93 bits per heavy atom. The van der Waals surface area contributed by atoms with Crippen LogP contribution in [0.15, 0.2) is 18.2 Å². The van der Waals surface area contributed by atoms with Gasteiger partial charge in [0.1, 0.15) is 10.6 Å². The van der Waals surface area contributed by atoms with Gasteiger partial charge in [-0.1, -0.05) is 28.1 Å². The van der Waals surface area contributed by atoms with E-state index in [1.807, 2.05) is 0 Å². The molecule has 0 heterocycles. The first-order valence-electron chi connectivity index (χ1n) is 4.10. The van der Waals surface area contributed by atoms with Crippen LogP contribution in [0.25, 0.3) is 0 Å². The first kappa shape index (κ1) is 11.6. The van der Waals surface area contributed by atoms with Crippen LogP contribution in [0.2, 0.25) is 0 Å². The van der Waals surface area contributed by atoms with Gasteiger partial charge in [-0.05, 0) is 24.1 Å². The van der Waals surface area contributed by atoms with Crippen LogP contribution in [0.3, 0.4) is 0 Å². The Morgan fingerprint density at radius 1 is 1.36 bits per heavy atom. The van der Waals surface area contributed by atoms with Crippen LogP contribution in [0.1, 0.15) is 22.9 Å². The lowest BCUT2D eigenvalue weighted by Gasteiger charge is -2.18. The van der Waals surface area contributed by atoms with Crippen LogP contribution < -0.4 is 0 Å². The van der Waals surface area contributed by atoms with E-state index < -0.39 is 10.7 Å².